The van der Waals surface area contributed by atoms with Crippen molar-refractivity contribution in [3.8, 4) is 11.5 Å². The van der Waals surface area contributed by atoms with Crippen LogP contribution in [0.15, 0.2) is 65.6 Å². The number of rotatable bonds is 7. The highest BCUT2D eigenvalue weighted by atomic mass is 35.5. The minimum Gasteiger partial charge on any atom is -0.495 e. The van der Waals surface area contributed by atoms with Gasteiger partial charge in [-0.3, -0.25) is 9.52 Å². The summed E-state index contributed by atoms with van der Waals surface area (Å²) in [5.74, 6) is 0.243. The third-order valence-electron chi connectivity index (χ3n) is 4.22. The summed E-state index contributed by atoms with van der Waals surface area (Å²) < 4.78 is 38.5. The van der Waals surface area contributed by atoms with Gasteiger partial charge in [0.15, 0.2) is 0 Å². The summed E-state index contributed by atoms with van der Waals surface area (Å²) in [5, 5.41) is 3.31. The summed E-state index contributed by atoms with van der Waals surface area (Å²) in [6.45, 7) is 0. The van der Waals surface area contributed by atoms with E-state index in [-0.39, 0.29) is 21.3 Å². The van der Waals surface area contributed by atoms with Crippen LogP contribution >= 0.6 is 23.2 Å². The summed E-state index contributed by atoms with van der Waals surface area (Å²) in [4.78, 5) is 12.5. The highest BCUT2D eigenvalue weighted by molar-refractivity contribution is 7.92. The molecule has 31 heavy (non-hydrogen) atoms. The van der Waals surface area contributed by atoms with Crippen molar-refractivity contribution in [3.05, 3.63) is 76.3 Å². The van der Waals surface area contributed by atoms with Crippen LogP contribution in [0.3, 0.4) is 0 Å². The van der Waals surface area contributed by atoms with Crippen LogP contribution in [0, 0.1) is 0 Å². The molecular formula is C21H18Cl2N2O5S. The molecule has 0 fully saturated rings. The number of methoxy groups -OCH3 is 2. The lowest BCUT2D eigenvalue weighted by atomic mass is 10.2. The first-order valence-corrected chi connectivity index (χ1v) is 11.1. The Morgan fingerprint density at radius 2 is 1.61 bits per heavy atom. The average molecular weight is 481 g/mol. The highest BCUT2D eigenvalue weighted by Gasteiger charge is 2.19. The Morgan fingerprint density at radius 1 is 0.903 bits per heavy atom. The lowest BCUT2D eigenvalue weighted by Gasteiger charge is -2.14. The van der Waals surface area contributed by atoms with Crippen LogP contribution in [0.5, 0.6) is 11.5 Å². The second-order valence-corrected chi connectivity index (χ2v) is 8.81. The molecule has 7 nitrogen and oxygen atoms in total. The average Bonchev–Trinajstić information content (AvgIpc) is 2.73. The van der Waals surface area contributed by atoms with Gasteiger partial charge in [-0.05, 0) is 54.6 Å². The Balaban J connectivity index is 1.89. The van der Waals surface area contributed by atoms with E-state index in [0.29, 0.717) is 22.1 Å². The molecule has 0 bridgehead atoms. The fourth-order valence-corrected chi connectivity index (χ4v) is 4.24. The van der Waals surface area contributed by atoms with Gasteiger partial charge in [0.2, 0.25) is 0 Å². The number of carbonyl (C=O) groups excluding carboxylic acids is 1. The van der Waals surface area contributed by atoms with E-state index < -0.39 is 15.9 Å². The summed E-state index contributed by atoms with van der Waals surface area (Å²) in [5.41, 5.74) is 0.753. The fourth-order valence-electron chi connectivity index (χ4n) is 2.72. The number of hydrogen-bond donors (Lipinski definition) is 2. The van der Waals surface area contributed by atoms with Crippen molar-refractivity contribution in [2.75, 3.05) is 24.3 Å². The summed E-state index contributed by atoms with van der Waals surface area (Å²) in [7, 11) is -1.11. The molecule has 1 amide bonds. The van der Waals surface area contributed by atoms with Gasteiger partial charge < -0.3 is 14.8 Å². The third-order valence-corrected chi connectivity index (χ3v) is 6.13. The van der Waals surface area contributed by atoms with Crippen molar-refractivity contribution in [3.63, 3.8) is 0 Å². The Morgan fingerprint density at radius 3 is 2.26 bits per heavy atom. The number of halogens is 2. The van der Waals surface area contributed by atoms with Crippen molar-refractivity contribution in [1.29, 1.82) is 0 Å². The minimum absolute atomic E-state index is 0.0818. The number of nitrogens with one attached hydrogen (secondary N) is 2. The molecule has 0 unspecified atom stereocenters. The second kappa shape index (κ2) is 9.47. The molecular weight excluding hydrogens is 463 g/mol. The number of carbonyl (C=O) groups is 1. The first kappa shape index (κ1) is 22.7. The first-order chi connectivity index (χ1) is 14.7. The van der Waals surface area contributed by atoms with E-state index in [1.807, 2.05) is 0 Å². The van der Waals surface area contributed by atoms with Gasteiger partial charge in [-0.2, -0.15) is 0 Å². The molecule has 0 atom stereocenters. The molecule has 162 valence electrons. The zero-order valence-corrected chi connectivity index (χ0v) is 18.8. The van der Waals surface area contributed by atoms with E-state index in [9.17, 15) is 13.2 Å². The second-order valence-electron chi connectivity index (χ2n) is 6.28. The minimum atomic E-state index is -3.98. The van der Waals surface area contributed by atoms with Crippen molar-refractivity contribution in [2.45, 2.75) is 4.90 Å². The molecule has 2 N–H and O–H groups in total. The van der Waals surface area contributed by atoms with E-state index in [4.69, 9.17) is 32.7 Å². The molecule has 0 aliphatic rings. The number of anilines is 2. The lowest BCUT2D eigenvalue weighted by molar-refractivity contribution is 0.102. The highest BCUT2D eigenvalue weighted by Crippen LogP contribution is 2.31. The number of ether oxygens (including phenoxy) is 2. The van der Waals surface area contributed by atoms with Gasteiger partial charge in [0, 0.05) is 10.6 Å². The number of benzene rings is 3. The van der Waals surface area contributed by atoms with E-state index in [0.717, 1.165) is 0 Å². The Hall–Kier alpha value is -2.94. The normalized spacial score (nSPS) is 11.0. The quantitative estimate of drug-likeness (QED) is 0.492. The Kier molecular flexibility index (Phi) is 6.94. The zero-order chi connectivity index (χ0) is 22.6. The molecule has 3 aromatic rings. The van der Waals surface area contributed by atoms with Gasteiger partial charge in [-0.1, -0.05) is 29.3 Å². The van der Waals surface area contributed by atoms with Crippen LogP contribution in [0.2, 0.25) is 10.0 Å². The molecule has 0 saturated carbocycles. The van der Waals surface area contributed by atoms with Crippen molar-refractivity contribution in [2.24, 2.45) is 0 Å². The molecule has 0 aromatic heterocycles. The standard InChI is InChI=1S/C21H18Cl2N2O5S/c1-29-19-8-6-15(11-17(19)23)25-31(27,28)16-7-9-20(30-2)18(12-16)24-21(26)13-4-3-5-14(22)10-13/h3-12,25H,1-2H3,(H,24,26). The SMILES string of the molecule is COc1ccc(NS(=O)(=O)c2ccc(OC)c(NC(=O)c3cccc(Cl)c3)c2)cc1Cl. The number of sulfonamides is 1. The number of hydrogen-bond acceptors (Lipinski definition) is 5. The monoisotopic (exact) mass is 480 g/mol. The summed E-state index contributed by atoms with van der Waals surface area (Å²) in [6, 6.07) is 15.0. The van der Waals surface area contributed by atoms with Crippen molar-refractivity contribution < 1.29 is 22.7 Å². The Bertz CT molecular complexity index is 1230. The maximum atomic E-state index is 12.9. The van der Waals surface area contributed by atoms with Crippen molar-refractivity contribution in [1.82, 2.24) is 0 Å². The van der Waals surface area contributed by atoms with E-state index in [1.165, 1.54) is 50.6 Å². The van der Waals surface area contributed by atoms with Crippen LogP contribution in [-0.4, -0.2) is 28.5 Å². The van der Waals surface area contributed by atoms with Gasteiger partial charge in [-0.25, -0.2) is 8.42 Å². The molecule has 0 saturated heterocycles. The predicted molar refractivity (Wildman–Crippen MR) is 121 cm³/mol. The third kappa shape index (κ3) is 5.41. The Labute approximate surface area is 189 Å². The molecule has 0 aliphatic heterocycles. The van der Waals surface area contributed by atoms with Crippen LogP contribution in [0.4, 0.5) is 11.4 Å². The maximum absolute atomic E-state index is 12.9. The largest absolute Gasteiger partial charge is 0.495 e. The van der Waals surface area contributed by atoms with Gasteiger partial charge in [0.25, 0.3) is 15.9 Å². The van der Waals surface area contributed by atoms with E-state index >= 15 is 0 Å². The lowest BCUT2D eigenvalue weighted by Crippen LogP contribution is -2.16. The predicted octanol–water partition coefficient (Wildman–Crippen LogP) is 5.06. The van der Waals surface area contributed by atoms with Gasteiger partial charge >= 0.3 is 0 Å². The van der Waals surface area contributed by atoms with Gasteiger partial charge in [0.05, 0.1) is 35.5 Å². The molecule has 10 heteroatoms. The smallest absolute Gasteiger partial charge is 0.261 e. The topological polar surface area (TPSA) is 93.7 Å². The van der Waals surface area contributed by atoms with Crippen LogP contribution in [-0.2, 0) is 10.0 Å². The molecule has 3 aromatic carbocycles. The number of amides is 1. The van der Waals surface area contributed by atoms with Crippen molar-refractivity contribution >= 4 is 50.5 Å². The van der Waals surface area contributed by atoms with Crippen LogP contribution in [0.25, 0.3) is 0 Å². The van der Waals surface area contributed by atoms with E-state index in [2.05, 4.69) is 10.0 Å². The molecule has 3 rings (SSSR count). The molecule has 0 spiro atoms. The van der Waals surface area contributed by atoms with E-state index in [1.54, 1.807) is 24.3 Å². The zero-order valence-electron chi connectivity index (χ0n) is 16.5. The maximum Gasteiger partial charge on any atom is 0.261 e. The van der Waals surface area contributed by atoms with Crippen LogP contribution in [0.1, 0.15) is 10.4 Å². The summed E-state index contributed by atoms with van der Waals surface area (Å²) in [6.07, 6.45) is 0. The molecule has 0 radical (unpaired) electrons. The fraction of sp³-hybridized carbons (Fsp3) is 0.0952. The molecule has 0 heterocycles. The first-order valence-electron chi connectivity index (χ1n) is 8.85. The van der Waals surface area contributed by atoms with Crippen LogP contribution < -0.4 is 19.5 Å². The molecule has 0 aliphatic carbocycles. The summed E-state index contributed by atoms with van der Waals surface area (Å²) >= 11 is 12.0. The van der Waals surface area contributed by atoms with Gasteiger partial charge in [-0.15, -0.1) is 0 Å². The van der Waals surface area contributed by atoms with Gasteiger partial charge in [0.1, 0.15) is 11.5 Å².